The third-order valence-corrected chi connectivity index (χ3v) is 5.20. The van der Waals surface area contributed by atoms with Gasteiger partial charge < -0.3 is 9.84 Å². The molecule has 2 saturated heterocycles. The number of hydrogen-bond donors (Lipinski definition) is 2. The highest BCUT2D eigenvalue weighted by molar-refractivity contribution is 6.09. The Bertz CT molecular complexity index is 719. The molecule has 4 unspecified atom stereocenters. The number of methoxy groups -OCH3 is 1. The highest BCUT2D eigenvalue weighted by Crippen LogP contribution is 2.49. The van der Waals surface area contributed by atoms with Gasteiger partial charge in [0.1, 0.15) is 0 Å². The zero-order chi connectivity index (χ0) is 17.6. The van der Waals surface area contributed by atoms with Crippen LogP contribution in [0.1, 0.15) is 17.2 Å². The second-order valence-corrected chi connectivity index (χ2v) is 6.34. The predicted molar refractivity (Wildman–Crippen MR) is 83.6 cm³/mol. The second-order valence-electron chi connectivity index (χ2n) is 6.34. The maximum absolute atomic E-state index is 12.6. The number of carbonyl (C=O) groups is 3. The Balaban J connectivity index is 2.17. The van der Waals surface area contributed by atoms with E-state index < -0.39 is 41.9 Å². The Hall–Kier alpha value is -2.25. The van der Waals surface area contributed by atoms with E-state index in [9.17, 15) is 19.5 Å². The molecule has 0 aromatic heterocycles. The number of esters is 1. The Morgan fingerprint density at radius 1 is 1.33 bits per heavy atom. The number of carbonyl (C=O) groups excluding carboxylic acids is 3. The molecule has 0 radical (unpaired) electrons. The topological polar surface area (TPSA) is 95.9 Å². The molecule has 0 bridgehead atoms. The average Bonchev–Trinajstić information content (AvgIpc) is 3.05. The summed E-state index contributed by atoms with van der Waals surface area (Å²) >= 11 is 0. The lowest BCUT2D eigenvalue weighted by atomic mass is 9.79. The van der Waals surface area contributed by atoms with Gasteiger partial charge in [0.25, 0.3) is 0 Å². The molecule has 2 aliphatic rings. The fourth-order valence-electron chi connectivity index (χ4n) is 3.93. The first kappa shape index (κ1) is 16.6. The number of fused-ring (bicyclic) bond motifs is 1. The van der Waals surface area contributed by atoms with E-state index in [1.807, 2.05) is 31.2 Å². The maximum atomic E-state index is 12.6. The summed E-state index contributed by atoms with van der Waals surface area (Å²) in [7, 11) is 2.60. The Morgan fingerprint density at radius 2 is 2.00 bits per heavy atom. The number of ether oxygens (including phenoxy) is 1. The number of amides is 2. The molecule has 0 saturated carbocycles. The molecule has 0 spiro atoms. The third kappa shape index (κ3) is 2.01. The summed E-state index contributed by atoms with van der Waals surface area (Å²) in [6, 6.07) is 6.90. The molecule has 2 heterocycles. The standard InChI is InChI=1S/C17H20N2O5/c1-9-6-4-5-7-10(9)13-11-12(15(22)19(2)14(11)21)17(8-20,18-13)16(23)24-3/h4-7,11-13,18,20H,8H2,1-3H3. The molecule has 3 rings (SSSR count). The molecule has 7 nitrogen and oxygen atoms in total. The minimum absolute atomic E-state index is 0.356. The fraction of sp³-hybridized carbons (Fsp3) is 0.471. The molecule has 1 aromatic carbocycles. The number of aryl methyl sites for hydroxylation is 1. The first-order valence-corrected chi connectivity index (χ1v) is 7.73. The van der Waals surface area contributed by atoms with E-state index in [-0.39, 0.29) is 5.91 Å². The van der Waals surface area contributed by atoms with Crippen molar-refractivity contribution >= 4 is 17.8 Å². The number of nitrogens with one attached hydrogen (secondary N) is 1. The first-order valence-electron chi connectivity index (χ1n) is 7.73. The number of aliphatic hydroxyl groups is 1. The quantitative estimate of drug-likeness (QED) is 0.587. The summed E-state index contributed by atoms with van der Waals surface area (Å²) in [6.45, 7) is 1.27. The van der Waals surface area contributed by atoms with Crippen LogP contribution in [0.25, 0.3) is 0 Å². The van der Waals surface area contributed by atoms with Crippen molar-refractivity contribution in [1.82, 2.24) is 10.2 Å². The van der Waals surface area contributed by atoms with Crippen LogP contribution in [0, 0.1) is 18.8 Å². The summed E-state index contributed by atoms with van der Waals surface area (Å²) in [4.78, 5) is 38.7. The van der Waals surface area contributed by atoms with Gasteiger partial charge in [-0.1, -0.05) is 24.3 Å². The van der Waals surface area contributed by atoms with E-state index in [0.29, 0.717) is 0 Å². The van der Waals surface area contributed by atoms with Crippen LogP contribution in [0.3, 0.4) is 0 Å². The number of benzene rings is 1. The average molecular weight is 332 g/mol. The van der Waals surface area contributed by atoms with E-state index in [1.165, 1.54) is 14.2 Å². The van der Waals surface area contributed by atoms with E-state index in [2.05, 4.69) is 5.32 Å². The lowest BCUT2D eigenvalue weighted by Crippen LogP contribution is -2.58. The highest BCUT2D eigenvalue weighted by atomic mass is 16.5. The van der Waals surface area contributed by atoms with Crippen LogP contribution in [-0.2, 0) is 19.1 Å². The predicted octanol–water partition coefficient (Wildman–Crippen LogP) is -0.226. The zero-order valence-electron chi connectivity index (χ0n) is 13.8. The van der Waals surface area contributed by atoms with E-state index in [0.717, 1.165) is 16.0 Å². The number of aliphatic hydroxyl groups excluding tert-OH is 1. The summed E-state index contributed by atoms with van der Waals surface area (Å²) in [5.74, 6) is -3.32. The first-order chi connectivity index (χ1) is 11.4. The molecule has 2 amide bonds. The number of imide groups is 1. The summed E-state index contributed by atoms with van der Waals surface area (Å²) < 4.78 is 4.83. The highest BCUT2D eigenvalue weighted by Gasteiger charge is 2.68. The molecular weight excluding hydrogens is 312 g/mol. The second kappa shape index (κ2) is 5.68. The van der Waals surface area contributed by atoms with Gasteiger partial charge >= 0.3 is 5.97 Å². The zero-order valence-corrected chi connectivity index (χ0v) is 13.8. The third-order valence-electron chi connectivity index (χ3n) is 5.20. The van der Waals surface area contributed by atoms with Crippen LogP contribution < -0.4 is 5.32 Å². The largest absolute Gasteiger partial charge is 0.468 e. The van der Waals surface area contributed by atoms with Crippen molar-refractivity contribution in [2.75, 3.05) is 20.8 Å². The van der Waals surface area contributed by atoms with Gasteiger partial charge in [0, 0.05) is 13.1 Å². The van der Waals surface area contributed by atoms with Crippen LogP contribution in [0.15, 0.2) is 24.3 Å². The molecule has 2 fully saturated rings. The Morgan fingerprint density at radius 3 is 2.58 bits per heavy atom. The van der Waals surface area contributed by atoms with Gasteiger partial charge in [0.2, 0.25) is 11.8 Å². The molecule has 7 heteroatoms. The monoisotopic (exact) mass is 332 g/mol. The van der Waals surface area contributed by atoms with Crippen LogP contribution >= 0.6 is 0 Å². The number of likely N-dealkylation sites (tertiary alicyclic amines) is 1. The van der Waals surface area contributed by atoms with Crippen molar-refractivity contribution < 1.29 is 24.2 Å². The van der Waals surface area contributed by atoms with Crippen molar-refractivity contribution in [1.29, 1.82) is 0 Å². The minimum atomic E-state index is -1.62. The molecule has 2 N–H and O–H groups in total. The van der Waals surface area contributed by atoms with Crippen LogP contribution in [0.5, 0.6) is 0 Å². The lowest BCUT2D eigenvalue weighted by Gasteiger charge is -2.30. The van der Waals surface area contributed by atoms with Gasteiger partial charge in [0.15, 0.2) is 5.54 Å². The van der Waals surface area contributed by atoms with Crippen LogP contribution in [0.2, 0.25) is 0 Å². The minimum Gasteiger partial charge on any atom is -0.468 e. The van der Waals surface area contributed by atoms with Gasteiger partial charge in [-0.3, -0.25) is 19.8 Å². The normalized spacial score (nSPS) is 32.2. The van der Waals surface area contributed by atoms with Gasteiger partial charge in [-0.05, 0) is 18.1 Å². The van der Waals surface area contributed by atoms with Crippen molar-refractivity contribution in [2.45, 2.75) is 18.5 Å². The Kier molecular flexibility index (Phi) is 3.93. The number of nitrogens with zero attached hydrogens (tertiary/aromatic N) is 1. The summed E-state index contributed by atoms with van der Waals surface area (Å²) in [5.41, 5.74) is 0.134. The molecular formula is C17H20N2O5. The van der Waals surface area contributed by atoms with Crippen molar-refractivity contribution in [3.05, 3.63) is 35.4 Å². The SMILES string of the molecule is COC(=O)C1(CO)NC(c2ccccc2C)C2C(=O)N(C)C(=O)C21. The molecule has 0 aliphatic carbocycles. The van der Waals surface area contributed by atoms with Gasteiger partial charge in [-0.2, -0.15) is 0 Å². The van der Waals surface area contributed by atoms with Crippen LogP contribution in [-0.4, -0.2) is 54.1 Å². The fourth-order valence-corrected chi connectivity index (χ4v) is 3.93. The number of hydrogen-bond acceptors (Lipinski definition) is 6. The van der Waals surface area contributed by atoms with E-state index in [4.69, 9.17) is 4.74 Å². The van der Waals surface area contributed by atoms with E-state index >= 15 is 0 Å². The molecule has 1 aromatic rings. The van der Waals surface area contributed by atoms with E-state index in [1.54, 1.807) is 0 Å². The summed E-state index contributed by atoms with van der Waals surface area (Å²) in [5, 5.41) is 13.0. The smallest absolute Gasteiger partial charge is 0.329 e. The molecule has 4 atom stereocenters. The molecule has 2 aliphatic heterocycles. The van der Waals surface area contributed by atoms with Gasteiger partial charge in [0.05, 0.1) is 25.6 Å². The van der Waals surface area contributed by atoms with Crippen molar-refractivity contribution in [2.24, 2.45) is 11.8 Å². The van der Waals surface area contributed by atoms with Gasteiger partial charge in [-0.25, -0.2) is 4.79 Å². The molecule has 24 heavy (non-hydrogen) atoms. The van der Waals surface area contributed by atoms with Crippen molar-refractivity contribution in [3.63, 3.8) is 0 Å². The Labute approximate surface area is 139 Å². The van der Waals surface area contributed by atoms with Crippen molar-refractivity contribution in [3.8, 4) is 0 Å². The number of rotatable bonds is 3. The van der Waals surface area contributed by atoms with Crippen LogP contribution in [0.4, 0.5) is 0 Å². The maximum Gasteiger partial charge on any atom is 0.329 e. The molecule has 128 valence electrons. The lowest BCUT2D eigenvalue weighted by molar-refractivity contribution is -0.156. The van der Waals surface area contributed by atoms with Gasteiger partial charge in [-0.15, -0.1) is 0 Å². The summed E-state index contributed by atoms with van der Waals surface area (Å²) in [6.07, 6.45) is 0.